The van der Waals surface area contributed by atoms with Crippen LogP contribution in [0.4, 0.5) is 4.39 Å². The van der Waals surface area contributed by atoms with Crippen molar-refractivity contribution in [3.05, 3.63) is 63.4 Å². The van der Waals surface area contributed by atoms with E-state index in [9.17, 15) is 9.18 Å². The minimum Gasteiger partial charge on any atom is -0.487 e. The maximum absolute atomic E-state index is 13.6. The number of halogens is 3. The molecule has 6 heteroatoms. The number of carbonyl (C=O) groups is 1. The summed E-state index contributed by atoms with van der Waals surface area (Å²) >= 11 is 11.7. The molecular weight excluding hydrogens is 306 g/mol. The Hall–Kier alpha value is -1.78. The quantitative estimate of drug-likeness (QED) is 0.909. The van der Waals surface area contributed by atoms with Crippen LogP contribution in [0.1, 0.15) is 15.9 Å². The number of rotatable bonds is 4. The summed E-state index contributed by atoms with van der Waals surface area (Å²) < 4.78 is 18.9. The van der Waals surface area contributed by atoms with E-state index in [1.165, 1.54) is 18.2 Å². The van der Waals surface area contributed by atoms with Crippen LogP contribution in [0.25, 0.3) is 0 Å². The second-order valence-electron chi connectivity index (χ2n) is 3.97. The molecule has 2 aromatic rings. The molecule has 0 aliphatic carbocycles. The molecule has 0 heterocycles. The van der Waals surface area contributed by atoms with Gasteiger partial charge in [0, 0.05) is 10.6 Å². The zero-order valence-electron chi connectivity index (χ0n) is 10.1. The Balaban J connectivity index is 2.18. The minimum absolute atomic E-state index is 0.00722. The van der Waals surface area contributed by atoms with Crippen molar-refractivity contribution in [2.45, 2.75) is 6.61 Å². The maximum atomic E-state index is 13.6. The van der Waals surface area contributed by atoms with Gasteiger partial charge in [-0.25, -0.2) is 9.18 Å². The molecule has 3 nitrogen and oxygen atoms in total. The highest BCUT2D eigenvalue weighted by molar-refractivity contribution is 6.35. The highest BCUT2D eigenvalue weighted by Gasteiger charge is 2.10. The molecule has 0 amide bonds. The molecule has 0 aromatic heterocycles. The van der Waals surface area contributed by atoms with Crippen molar-refractivity contribution in [3.63, 3.8) is 0 Å². The predicted molar refractivity (Wildman–Crippen MR) is 74.2 cm³/mol. The summed E-state index contributed by atoms with van der Waals surface area (Å²) in [5.74, 6) is -1.33. The van der Waals surface area contributed by atoms with Gasteiger partial charge in [-0.15, -0.1) is 0 Å². The van der Waals surface area contributed by atoms with Gasteiger partial charge in [-0.05, 0) is 36.4 Å². The molecular formula is C14H9Cl2FO3. The number of hydrogen-bond donors (Lipinski definition) is 1. The third kappa shape index (κ3) is 3.40. The minimum atomic E-state index is -1.13. The fourth-order valence-corrected chi connectivity index (χ4v) is 2.03. The third-order valence-electron chi connectivity index (χ3n) is 2.57. The molecule has 0 aliphatic rings. The summed E-state index contributed by atoms with van der Waals surface area (Å²) in [5.41, 5.74) is 0.128. The second kappa shape index (κ2) is 6.11. The topological polar surface area (TPSA) is 46.5 Å². The van der Waals surface area contributed by atoms with Gasteiger partial charge in [0.1, 0.15) is 18.2 Å². The molecule has 0 bridgehead atoms. The van der Waals surface area contributed by atoms with E-state index in [1.54, 1.807) is 12.1 Å². The van der Waals surface area contributed by atoms with E-state index >= 15 is 0 Å². The van der Waals surface area contributed by atoms with E-state index in [0.29, 0.717) is 15.8 Å². The Kier molecular flexibility index (Phi) is 4.47. The lowest BCUT2D eigenvalue weighted by Crippen LogP contribution is -2.03. The molecule has 0 saturated heterocycles. The van der Waals surface area contributed by atoms with Gasteiger partial charge in [0.25, 0.3) is 0 Å². The number of ether oxygens (including phenoxy) is 1. The van der Waals surface area contributed by atoms with E-state index in [1.807, 2.05) is 0 Å². The van der Waals surface area contributed by atoms with Gasteiger partial charge < -0.3 is 9.84 Å². The molecule has 1 N–H and O–H groups in total. The summed E-state index contributed by atoms with van der Waals surface area (Å²) in [7, 11) is 0. The summed E-state index contributed by atoms with van der Waals surface area (Å²) in [6, 6.07) is 8.16. The molecule has 0 aliphatic heterocycles. The van der Waals surface area contributed by atoms with Crippen LogP contribution in [-0.4, -0.2) is 11.1 Å². The normalized spacial score (nSPS) is 10.3. The van der Waals surface area contributed by atoms with Crippen LogP contribution in [0.3, 0.4) is 0 Å². The first-order valence-electron chi connectivity index (χ1n) is 5.57. The summed E-state index contributed by atoms with van der Waals surface area (Å²) in [6.07, 6.45) is 0. The number of benzene rings is 2. The van der Waals surface area contributed by atoms with E-state index < -0.39 is 11.8 Å². The lowest BCUT2D eigenvalue weighted by molar-refractivity contribution is 0.0696. The first-order valence-corrected chi connectivity index (χ1v) is 6.32. The van der Waals surface area contributed by atoms with Gasteiger partial charge in [0.05, 0.1) is 10.6 Å². The highest BCUT2D eigenvalue weighted by Crippen LogP contribution is 2.28. The van der Waals surface area contributed by atoms with Gasteiger partial charge >= 0.3 is 5.97 Å². The molecule has 0 unspecified atom stereocenters. The van der Waals surface area contributed by atoms with Crippen LogP contribution >= 0.6 is 23.2 Å². The molecule has 104 valence electrons. The van der Waals surface area contributed by atoms with Crippen LogP contribution in [0.15, 0.2) is 36.4 Å². The molecule has 20 heavy (non-hydrogen) atoms. The fourth-order valence-electron chi connectivity index (χ4n) is 1.57. The van der Waals surface area contributed by atoms with Crippen molar-refractivity contribution in [2.24, 2.45) is 0 Å². The second-order valence-corrected chi connectivity index (χ2v) is 4.82. The van der Waals surface area contributed by atoms with Crippen LogP contribution in [-0.2, 0) is 6.61 Å². The number of carboxylic acid groups (broad SMARTS) is 1. The average molecular weight is 315 g/mol. The average Bonchev–Trinajstić information content (AvgIpc) is 2.39. The standard InChI is InChI=1S/C14H9Cl2FO3/c15-10-2-4-13(11(16)6-10)20-7-9-5-8(14(18)19)1-3-12(9)17/h1-6H,7H2,(H,18,19). The van der Waals surface area contributed by atoms with Gasteiger partial charge in [-0.1, -0.05) is 23.2 Å². The van der Waals surface area contributed by atoms with Crippen molar-refractivity contribution in [1.29, 1.82) is 0 Å². The van der Waals surface area contributed by atoms with Crippen molar-refractivity contribution in [3.8, 4) is 5.75 Å². The first-order chi connectivity index (χ1) is 9.47. The highest BCUT2D eigenvalue weighted by atomic mass is 35.5. The Morgan fingerprint density at radius 3 is 2.60 bits per heavy atom. The number of hydrogen-bond acceptors (Lipinski definition) is 2. The Bertz CT molecular complexity index is 659. The van der Waals surface area contributed by atoms with Crippen LogP contribution in [0.2, 0.25) is 10.0 Å². The molecule has 0 fully saturated rings. The van der Waals surface area contributed by atoms with Crippen LogP contribution < -0.4 is 4.74 Å². The lowest BCUT2D eigenvalue weighted by Gasteiger charge is -2.09. The summed E-state index contributed by atoms with van der Waals surface area (Å²) in [5, 5.41) is 9.62. The van der Waals surface area contributed by atoms with Crippen molar-refractivity contribution >= 4 is 29.2 Å². The Morgan fingerprint density at radius 1 is 1.20 bits per heavy atom. The Labute approximate surface area is 124 Å². The van der Waals surface area contributed by atoms with Crippen molar-refractivity contribution in [2.75, 3.05) is 0 Å². The predicted octanol–water partition coefficient (Wildman–Crippen LogP) is 4.41. The summed E-state index contributed by atoms with van der Waals surface area (Å²) in [6.45, 7) is -0.131. The fraction of sp³-hybridized carbons (Fsp3) is 0.0714. The van der Waals surface area contributed by atoms with E-state index in [-0.39, 0.29) is 17.7 Å². The smallest absolute Gasteiger partial charge is 0.335 e. The van der Waals surface area contributed by atoms with Gasteiger partial charge in [-0.2, -0.15) is 0 Å². The molecule has 0 atom stereocenters. The third-order valence-corrected chi connectivity index (χ3v) is 3.10. The molecule has 0 saturated carbocycles. The van der Waals surface area contributed by atoms with Crippen LogP contribution in [0.5, 0.6) is 5.75 Å². The number of aromatic carboxylic acids is 1. The van der Waals surface area contributed by atoms with Gasteiger partial charge in [0.2, 0.25) is 0 Å². The van der Waals surface area contributed by atoms with Crippen molar-refractivity contribution < 1.29 is 19.0 Å². The van der Waals surface area contributed by atoms with E-state index in [4.69, 9.17) is 33.0 Å². The lowest BCUT2D eigenvalue weighted by atomic mass is 10.1. The zero-order chi connectivity index (χ0) is 14.7. The zero-order valence-corrected chi connectivity index (χ0v) is 11.6. The monoisotopic (exact) mass is 314 g/mol. The molecule has 2 rings (SSSR count). The van der Waals surface area contributed by atoms with Crippen molar-refractivity contribution in [1.82, 2.24) is 0 Å². The first kappa shape index (κ1) is 14.6. The summed E-state index contributed by atoms with van der Waals surface area (Å²) in [4.78, 5) is 10.8. The Morgan fingerprint density at radius 2 is 1.95 bits per heavy atom. The maximum Gasteiger partial charge on any atom is 0.335 e. The largest absolute Gasteiger partial charge is 0.487 e. The molecule has 0 spiro atoms. The van der Waals surface area contributed by atoms with E-state index in [0.717, 1.165) is 6.07 Å². The number of carboxylic acids is 1. The molecule has 0 radical (unpaired) electrons. The van der Waals surface area contributed by atoms with Crippen LogP contribution in [0, 0.1) is 5.82 Å². The SMILES string of the molecule is O=C(O)c1ccc(F)c(COc2ccc(Cl)cc2Cl)c1. The van der Waals surface area contributed by atoms with Gasteiger partial charge in [0.15, 0.2) is 0 Å². The molecule has 2 aromatic carbocycles. The van der Waals surface area contributed by atoms with Gasteiger partial charge in [-0.3, -0.25) is 0 Å². The van der Waals surface area contributed by atoms with E-state index in [2.05, 4.69) is 0 Å².